The molecule has 8 heterocycles. The number of hydrogen-bond donors (Lipinski definition) is 1. The molecule has 4 spiro atoms. The van der Waals surface area contributed by atoms with Gasteiger partial charge < -0.3 is 24.2 Å². The molecule has 0 unspecified atom stereocenters. The van der Waals surface area contributed by atoms with Crippen LogP contribution in [-0.2, 0) is 34.8 Å². The molecule has 6 bridgehead atoms. The summed E-state index contributed by atoms with van der Waals surface area (Å²) in [6.07, 6.45) is 13.5. The topological polar surface area (TPSA) is 112 Å². The van der Waals surface area contributed by atoms with Gasteiger partial charge in [0.25, 0.3) is 0 Å². The summed E-state index contributed by atoms with van der Waals surface area (Å²) in [7, 11) is 2.84. The number of carbonyl (C=O) groups is 3. The zero-order valence-corrected chi connectivity index (χ0v) is 30.2. The first kappa shape index (κ1) is 31.2. The zero-order chi connectivity index (χ0) is 36.0. The third-order valence-corrected chi connectivity index (χ3v) is 16.5. The number of ether oxygens (including phenoxy) is 3. The molecule has 11 nitrogen and oxygen atoms in total. The Bertz CT molecular complexity index is 2160. The maximum absolute atomic E-state index is 14.5. The summed E-state index contributed by atoms with van der Waals surface area (Å²) in [6.45, 7) is 3.18. The molecule has 2 aromatic rings. The molecule has 11 heteroatoms. The number of carbonyl (C=O) groups excluding carboxylic acids is 3. The van der Waals surface area contributed by atoms with Crippen molar-refractivity contribution in [3.63, 3.8) is 0 Å². The highest BCUT2D eigenvalue weighted by Gasteiger charge is 2.86. The lowest BCUT2D eigenvalue weighted by molar-refractivity contribution is -0.201. The third kappa shape index (κ3) is 2.94. The van der Waals surface area contributed by atoms with E-state index in [0.717, 1.165) is 55.8 Å². The van der Waals surface area contributed by atoms with E-state index >= 15 is 0 Å². The molecule has 9 atom stereocenters. The van der Waals surface area contributed by atoms with Gasteiger partial charge in [-0.05, 0) is 75.3 Å². The maximum atomic E-state index is 14.5. The lowest BCUT2D eigenvalue weighted by Gasteiger charge is -2.62. The van der Waals surface area contributed by atoms with Crippen molar-refractivity contribution in [2.24, 2.45) is 16.7 Å². The van der Waals surface area contributed by atoms with Crippen LogP contribution >= 0.6 is 0 Å². The van der Waals surface area contributed by atoms with Crippen LogP contribution in [0.1, 0.15) is 62.5 Å². The van der Waals surface area contributed by atoms with E-state index in [1.54, 1.807) is 4.90 Å². The van der Waals surface area contributed by atoms with Gasteiger partial charge in [-0.1, -0.05) is 48.6 Å². The lowest BCUT2D eigenvalue weighted by atomic mass is 9.48. The van der Waals surface area contributed by atoms with Gasteiger partial charge in [-0.15, -0.1) is 0 Å². The highest BCUT2D eigenvalue weighted by molar-refractivity contribution is 5.99. The summed E-state index contributed by atoms with van der Waals surface area (Å²) < 4.78 is 17.9. The Morgan fingerprint density at radius 3 is 2.58 bits per heavy atom. The number of fused-ring (bicyclic) bond motifs is 6. The van der Waals surface area contributed by atoms with E-state index in [1.165, 1.54) is 14.2 Å². The van der Waals surface area contributed by atoms with Gasteiger partial charge in [0.15, 0.2) is 11.3 Å². The predicted molar refractivity (Wildman–Crippen MR) is 192 cm³/mol. The van der Waals surface area contributed by atoms with E-state index in [1.807, 2.05) is 35.2 Å². The van der Waals surface area contributed by atoms with E-state index in [0.29, 0.717) is 49.9 Å². The van der Waals surface area contributed by atoms with Gasteiger partial charge in [0.05, 0.1) is 31.2 Å². The molecule has 8 aliphatic heterocycles. The molecule has 53 heavy (non-hydrogen) atoms. The standard InChI is InChI=1S/C42H44N4O7/c1-51-34(48)38-15-13-36(25-38)11-5-19-43-21-17-39(33(36)43)27-7-3-4-8-30(27)45(42(38,39)50)26-9-10-28-31(23-26)46(35(49)52-2)40-16-14-37-12-6-20-44(37)22-18-41(28,40)53-32(47)29(40)24-37/h3-12,23,29,33,50H,13-22,24-25H2,1-2H3/t29-,33-,36+,37+,38-,39+,40+,41+,42-/m0/s1. The van der Waals surface area contributed by atoms with Gasteiger partial charge in [0.2, 0.25) is 0 Å². The first-order valence-electron chi connectivity index (χ1n) is 19.4. The van der Waals surface area contributed by atoms with Crippen LogP contribution in [0.3, 0.4) is 0 Å². The number of methoxy groups -OCH3 is 2. The van der Waals surface area contributed by atoms with Crippen molar-refractivity contribution >= 4 is 35.1 Å². The van der Waals surface area contributed by atoms with Crippen LogP contribution in [0.5, 0.6) is 0 Å². The third-order valence-electron chi connectivity index (χ3n) is 16.5. The molecule has 4 saturated heterocycles. The normalized spacial score (nSPS) is 44.5. The predicted octanol–water partition coefficient (Wildman–Crippen LogP) is 4.64. The van der Waals surface area contributed by atoms with Crippen LogP contribution in [0.2, 0.25) is 0 Å². The average Bonchev–Trinajstić information content (AvgIpc) is 3.98. The molecule has 0 aromatic heterocycles. The minimum Gasteiger partial charge on any atom is -0.468 e. The summed E-state index contributed by atoms with van der Waals surface area (Å²) in [4.78, 5) is 51.6. The summed E-state index contributed by atoms with van der Waals surface area (Å²) in [5.74, 6) is -1.17. The van der Waals surface area contributed by atoms with E-state index in [4.69, 9.17) is 14.2 Å². The van der Waals surface area contributed by atoms with Crippen molar-refractivity contribution < 1.29 is 33.7 Å². The second kappa shape index (κ2) is 9.36. The fraction of sp³-hybridized carbons (Fsp3) is 0.548. The van der Waals surface area contributed by atoms with Crippen molar-refractivity contribution in [1.29, 1.82) is 0 Å². The van der Waals surface area contributed by atoms with E-state index in [9.17, 15) is 19.5 Å². The Balaban J connectivity index is 1.10. The molecule has 7 fully saturated rings. The molecule has 11 aliphatic rings. The first-order chi connectivity index (χ1) is 25.6. The molecule has 274 valence electrons. The number of hydrogen-bond acceptors (Lipinski definition) is 10. The smallest absolute Gasteiger partial charge is 0.414 e. The number of anilines is 3. The number of rotatable bonds is 2. The number of esters is 2. The highest BCUT2D eigenvalue weighted by Crippen LogP contribution is 2.78. The number of aliphatic hydroxyl groups is 1. The van der Waals surface area contributed by atoms with Gasteiger partial charge in [-0.2, -0.15) is 0 Å². The SMILES string of the molecule is COC(=O)N1c2cc(N3c4ccccc4[C@@]45CCN6CC=C[C@]7(CC[C@@](C(=O)OC)(C7)[C@@]34O)[C@H]65)ccc2[C@]23CCN4CC=C[C@]45CC[C@]12[C@@H](C5)C(=O)O3. The number of para-hydroxylation sites is 1. The molecule has 13 rings (SSSR count). The molecule has 3 aliphatic carbocycles. The lowest BCUT2D eigenvalue weighted by Crippen LogP contribution is -2.76. The Kier molecular flexibility index (Phi) is 5.51. The molecule has 2 aromatic carbocycles. The fourth-order valence-corrected chi connectivity index (χ4v) is 15.0. The van der Waals surface area contributed by atoms with Crippen molar-refractivity contribution in [3.8, 4) is 0 Å². The first-order valence-corrected chi connectivity index (χ1v) is 19.4. The second-order valence-electron chi connectivity index (χ2n) is 17.7. The van der Waals surface area contributed by atoms with Crippen LogP contribution in [0.4, 0.5) is 21.9 Å². The van der Waals surface area contributed by atoms with Gasteiger partial charge in [0, 0.05) is 60.0 Å². The molecule has 1 amide bonds. The Morgan fingerprint density at radius 2 is 1.74 bits per heavy atom. The van der Waals surface area contributed by atoms with Crippen LogP contribution < -0.4 is 9.80 Å². The van der Waals surface area contributed by atoms with Crippen molar-refractivity contribution in [1.82, 2.24) is 9.80 Å². The fourth-order valence-electron chi connectivity index (χ4n) is 15.0. The zero-order valence-electron chi connectivity index (χ0n) is 30.2. The number of nitrogens with zero attached hydrogens (tertiary/aromatic N) is 4. The Labute approximate surface area is 308 Å². The van der Waals surface area contributed by atoms with Crippen molar-refractivity contribution in [2.75, 3.05) is 50.2 Å². The molecular formula is C42H44N4O7. The average molecular weight is 717 g/mol. The molecule has 0 radical (unpaired) electrons. The number of benzene rings is 2. The quantitative estimate of drug-likeness (QED) is 0.268. The van der Waals surface area contributed by atoms with Crippen LogP contribution in [0.25, 0.3) is 0 Å². The number of amides is 1. The monoisotopic (exact) mass is 716 g/mol. The van der Waals surface area contributed by atoms with Crippen LogP contribution in [0.15, 0.2) is 66.8 Å². The van der Waals surface area contributed by atoms with E-state index in [2.05, 4.69) is 46.2 Å². The highest BCUT2D eigenvalue weighted by atomic mass is 16.6. The Hall–Kier alpha value is -4.19. The van der Waals surface area contributed by atoms with Gasteiger partial charge in [-0.3, -0.25) is 24.3 Å². The van der Waals surface area contributed by atoms with E-state index < -0.39 is 39.7 Å². The minimum absolute atomic E-state index is 0.00113. The van der Waals surface area contributed by atoms with Crippen molar-refractivity contribution in [3.05, 3.63) is 77.9 Å². The molecule has 1 N–H and O–H groups in total. The van der Waals surface area contributed by atoms with Crippen LogP contribution in [0, 0.1) is 16.7 Å². The summed E-state index contributed by atoms with van der Waals surface area (Å²) in [5.41, 5.74) is -2.15. The Morgan fingerprint density at radius 1 is 0.887 bits per heavy atom. The maximum Gasteiger partial charge on any atom is 0.414 e. The molecular weight excluding hydrogens is 672 g/mol. The summed E-state index contributed by atoms with van der Waals surface area (Å²) in [5, 5.41) is 14.2. The van der Waals surface area contributed by atoms with Gasteiger partial charge >= 0.3 is 18.0 Å². The van der Waals surface area contributed by atoms with Gasteiger partial charge in [0.1, 0.15) is 11.0 Å². The van der Waals surface area contributed by atoms with Crippen LogP contribution in [-0.4, -0.2) is 96.2 Å². The minimum atomic E-state index is -1.68. The largest absolute Gasteiger partial charge is 0.468 e. The summed E-state index contributed by atoms with van der Waals surface area (Å²) >= 11 is 0. The second-order valence-corrected chi connectivity index (χ2v) is 17.7. The molecule has 3 saturated carbocycles. The van der Waals surface area contributed by atoms with E-state index in [-0.39, 0.29) is 28.9 Å². The van der Waals surface area contributed by atoms with Gasteiger partial charge in [-0.25, -0.2) is 4.79 Å². The summed E-state index contributed by atoms with van der Waals surface area (Å²) in [6, 6.07) is 14.3. The van der Waals surface area contributed by atoms with Crippen molar-refractivity contribution in [2.45, 2.75) is 85.2 Å².